The number of nitrogens with one attached hydrogen (secondary N) is 1. The van der Waals surface area contributed by atoms with Gasteiger partial charge in [-0.1, -0.05) is 187 Å². The number of hydrogen-bond donors (Lipinski definition) is 1. The average Bonchev–Trinajstić information content (AvgIpc) is 3.29. The summed E-state index contributed by atoms with van der Waals surface area (Å²) >= 11 is 0. The molecule has 0 bridgehead atoms. The van der Waals surface area contributed by atoms with E-state index >= 15 is 0 Å². The number of carbonyl (C=O) groups is 3. The Morgan fingerprint density at radius 1 is 0.629 bits per heavy atom. The van der Waals surface area contributed by atoms with Gasteiger partial charge in [-0.25, -0.2) is 0 Å². The molecule has 1 heterocycles. The van der Waals surface area contributed by atoms with Crippen LogP contribution in [-0.2, 0) is 25.5 Å². The summed E-state index contributed by atoms with van der Waals surface area (Å²) < 4.78 is 10.1. The maximum absolute atomic E-state index is 14.9. The first-order valence-corrected chi connectivity index (χ1v) is 26.4. The minimum Gasteiger partial charge on any atom is -0.497 e. The van der Waals surface area contributed by atoms with Crippen LogP contribution in [0.2, 0.25) is 0 Å². The fourth-order valence-corrected chi connectivity index (χ4v) is 9.61. The van der Waals surface area contributed by atoms with Crippen molar-refractivity contribution in [3.8, 4) is 5.75 Å². The molecular formula is C54H97N3O5. The van der Waals surface area contributed by atoms with Crippen molar-refractivity contribution >= 4 is 17.8 Å². The molecule has 8 nitrogen and oxygen atoms in total. The Kier molecular flexibility index (Phi) is 33.8. The van der Waals surface area contributed by atoms with Gasteiger partial charge < -0.3 is 24.6 Å². The van der Waals surface area contributed by atoms with E-state index in [2.05, 4.69) is 48.0 Å². The molecule has 0 aromatic heterocycles. The molecule has 1 saturated heterocycles. The molecule has 0 aliphatic carbocycles. The number of unbranched alkanes of at least 4 members (excludes halogenated alkanes) is 23. The van der Waals surface area contributed by atoms with E-state index in [1.54, 1.807) is 7.11 Å². The lowest BCUT2D eigenvalue weighted by Gasteiger charge is -2.44. The molecule has 0 radical (unpaired) electrons. The van der Waals surface area contributed by atoms with Crippen molar-refractivity contribution in [2.45, 2.75) is 245 Å². The average molecular weight is 868 g/mol. The summed E-state index contributed by atoms with van der Waals surface area (Å²) in [7, 11) is 3.15. The van der Waals surface area contributed by atoms with Crippen molar-refractivity contribution in [2.24, 2.45) is 5.92 Å². The van der Waals surface area contributed by atoms with E-state index in [1.165, 1.54) is 141 Å². The van der Waals surface area contributed by atoms with Gasteiger partial charge in [0.2, 0.25) is 11.8 Å². The molecule has 1 aromatic rings. The van der Waals surface area contributed by atoms with Crippen molar-refractivity contribution in [2.75, 3.05) is 40.4 Å². The first kappa shape index (κ1) is 55.5. The van der Waals surface area contributed by atoms with Gasteiger partial charge in [0.15, 0.2) is 0 Å². The summed E-state index contributed by atoms with van der Waals surface area (Å²) in [6.07, 6.45) is 37.5. The quantitative estimate of drug-likeness (QED) is 0.0522. The van der Waals surface area contributed by atoms with E-state index < -0.39 is 6.04 Å². The molecule has 0 saturated carbocycles. The van der Waals surface area contributed by atoms with Crippen molar-refractivity contribution in [3.05, 3.63) is 29.8 Å². The summed E-state index contributed by atoms with van der Waals surface area (Å²) in [5, 5.41) is 3.39. The van der Waals surface area contributed by atoms with Crippen molar-refractivity contribution in [1.82, 2.24) is 15.1 Å². The van der Waals surface area contributed by atoms with Crippen LogP contribution < -0.4 is 10.1 Å². The van der Waals surface area contributed by atoms with Crippen LogP contribution in [0.1, 0.15) is 232 Å². The molecule has 1 aromatic carbocycles. The highest BCUT2D eigenvalue weighted by Gasteiger charge is 2.40. The smallest absolute Gasteiger partial charge is 0.305 e. The summed E-state index contributed by atoms with van der Waals surface area (Å²) in [4.78, 5) is 45.6. The van der Waals surface area contributed by atoms with Crippen molar-refractivity contribution < 1.29 is 23.9 Å². The summed E-state index contributed by atoms with van der Waals surface area (Å²) in [5.41, 5.74) is 1.17. The van der Waals surface area contributed by atoms with Gasteiger partial charge in [-0.2, -0.15) is 0 Å². The molecule has 0 spiro atoms. The molecule has 1 aliphatic rings. The van der Waals surface area contributed by atoms with E-state index in [1.807, 2.05) is 12.1 Å². The van der Waals surface area contributed by atoms with Crippen LogP contribution in [-0.4, -0.2) is 80.1 Å². The third-order valence-electron chi connectivity index (χ3n) is 13.7. The normalized spacial score (nSPS) is 14.0. The lowest BCUT2D eigenvalue weighted by atomic mass is 9.85. The highest BCUT2D eigenvalue weighted by molar-refractivity contribution is 5.88. The van der Waals surface area contributed by atoms with Gasteiger partial charge in [-0.05, 0) is 88.2 Å². The summed E-state index contributed by atoms with van der Waals surface area (Å²) in [5.74, 6) is 1.22. The number of carbonyl (C=O) groups excluding carboxylic acids is 3. The van der Waals surface area contributed by atoms with E-state index in [9.17, 15) is 14.4 Å². The fraction of sp³-hybridized carbons (Fsp3) is 0.833. The predicted octanol–water partition coefficient (Wildman–Crippen LogP) is 13.6. The third kappa shape index (κ3) is 25.6. The number of piperidine rings is 1. The van der Waals surface area contributed by atoms with Gasteiger partial charge in [0.1, 0.15) is 11.8 Å². The molecular weight excluding hydrogens is 771 g/mol. The number of likely N-dealkylation sites (tertiary alicyclic amines) is 1. The minimum atomic E-state index is -0.408. The molecule has 62 heavy (non-hydrogen) atoms. The Hall–Kier alpha value is -2.61. The third-order valence-corrected chi connectivity index (χ3v) is 13.7. The Morgan fingerprint density at radius 2 is 1.08 bits per heavy atom. The number of esters is 1. The fourth-order valence-electron chi connectivity index (χ4n) is 9.61. The van der Waals surface area contributed by atoms with E-state index in [4.69, 9.17) is 9.47 Å². The van der Waals surface area contributed by atoms with Crippen LogP contribution in [0.3, 0.4) is 0 Å². The summed E-state index contributed by atoms with van der Waals surface area (Å²) in [6, 6.07) is 7.85. The van der Waals surface area contributed by atoms with Crippen LogP contribution in [0.25, 0.3) is 0 Å². The van der Waals surface area contributed by atoms with E-state index in [-0.39, 0.29) is 29.7 Å². The Labute approximate surface area is 382 Å². The second-order valence-corrected chi connectivity index (χ2v) is 18.7. The second-order valence-electron chi connectivity index (χ2n) is 18.7. The number of hydrogen-bond acceptors (Lipinski definition) is 6. The van der Waals surface area contributed by atoms with Crippen LogP contribution in [0.4, 0.5) is 0 Å². The largest absolute Gasteiger partial charge is 0.497 e. The molecule has 2 amide bonds. The molecule has 1 fully saturated rings. The van der Waals surface area contributed by atoms with Gasteiger partial charge in [-0.3, -0.25) is 14.4 Å². The van der Waals surface area contributed by atoms with Crippen LogP contribution >= 0.6 is 0 Å². The maximum atomic E-state index is 14.9. The van der Waals surface area contributed by atoms with Crippen LogP contribution in [0.15, 0.2) is 24.3 Å². The highest BCUT2D eigenvalue weighted by Crippen LogP contribution is 2.31. The summed E-state index contributed by atoms with van der Waals surface area (Å²) in [6.45, 7) is 10.4. The zero-order chi connectivity index (χ0) is 44.9. The Balaban J connectivity index is 2.09. The Bertz CT molecular complexity index is 1220. The zero-order valence-corrected chi connectivity index (χ0v) is 41.1. The lowest BCUT2D eigenvalue weighted by molar-refractivity contribution is -0.147. The van der Waals surface area contributed by atoms with Crippen LogP contribution in [0.5, 0.6) is 5.75 Å². The van der Waals surface area contributed by atoms with E-state index in [0.717, 1.165) is 96.0 Å². The van der Waals surface area contributed by atoms with Gasteiger partial charge in [0.05, 0.1) is 14.2 Å². The number of rotatable bonds is 40. The standard InChI is InChI=1S/C54H97N3O5/c1-6-9-11-13-25-29-33-49(34-30-26-14-12-10-7-2)57(51(58)35-31-27-23-21-19-17-15-16-18-20-22-24-28-32-36-52(59)62-5)53(48-42-45-56(8-3)46-43-48)54(60)55-44-41-47-37-39-50(61-4)40-38-47/h37-40,48-49,53H,6-36,41-46H2,1-5H3,(H,55,60). The first-order valence-electron chi connectivity index (χ1n) is 26.4. The van der Waals surface area contributed by atoms with Gasteiger partial charge in [0, 0.05) is 25.4 Å². The number of benzene rings is 1. The van der Waals surface area contributed by atoms with E-state index in [0.29, 0.717) is 19.4 Å². The first-order chi connectivity index (χ1) is 30.4. The monoisotopic (exact) mass is 868 g/mol. The number of nitrogens with zero attached hydrogens (tertiary/aromatic N) is 2. The molecule has 2 rings (SSSR count). The molecule has 1 N–H and O–H groups in total. The Morgan fingerprint density at radius 3 is 1.53 bits per heavy atom. The van der Waals surface area contributed by atoms with Crippen molar-refractivity contribution in [3.63, 3.8) is 0 Å². The van der Waals surface area contributed by atoms with Crippen molar-refractivity contribution in [1.29, 1.82) is 0 Å². The molecule has 8 heteroatoms. The minimum absolute atomic E-state index is 0.0633. The SMILES string of the molecule is CCCCCCCCC(CCCCCCCC)N(C(=O)CCCCCCCCCCCCCCCCC(=O)OC)C(C(=O)NCCc1ccc(OC)cc1)C1CCN(CC)CC1. The topological polar surface area (TPSA) is 88.2 Å². The second kappa shape index (κ2) is 37.7. The van der Waals surface area contributed by atoms with Gasteiger partial charge in [0.25, 0.3) is 0 Å². The number of ether oxygens (including phenoxy) is 2. The lowest BCUT2D eigenvalue weighted by Crippen LogP contribution is -2.58. The molecule has 358 valence electrons. The maximum Gasteiger partial charge on any atom is 0.305 e. The van der Waals surface area contributed by atoms with Gasteiger partial charge >= 0.3 is 5.97 Å². The van der Waals surface area contributed by atoms with Gasteiger partial charge in [-0.15, -0.1) is 0 Å². The number of methoxy groups -OCH3 is 2. The zero-order valence-electron chi connectivity index (χ0n) is 41.1. The highest BCUT2D eigenvalue weighted by atomic mass is 16.5. The van der Waals surface area contributed by atoms with Crippen LogP contribution in [0, 0.1) is 5.92 Å². The number of amides is 2. The molecule has 1 atom stereocenters. The predicted molar refractivity (Wildman–Crippen MR) is 261 cm³/mol. The molecule has 1 unspecified atom stereocenters. The molecule has 1 aliphatic heterocycles.